The summed E-state index contributed by atoms with van der Waals surface area (Å²) >= 11 is 5.99. The Hall–Kier alpha value is -3.58. The molecule has 0 aliphatic heterocycles. The number of amides is 1. The van der Waals surface area contributed by atoms with Crippen LogP contribution in [-0.4, -0.2) is 21.0 Å². The summed E-state index contributed by atoms with van der Waals surface area (Å²) in [4.78, 5) is 19.7. The summed E-state index contributed by atoms with van der Waals surface area (Å²) in [6, 6.07) is 14.2. The third-order valence-electron chi connectivity index (χ3n) is 4.41. The van der Waals surface area contributed by atoms with Gasteiger partial charge in [0.15, 0.2) is 5.69 Å². The fourth-order valence-electron chi connectivity index (χ4n) is 2.95. The minimum Gasteiger partial charge on any atom is -0.493 e. The van der Waals surface area contributed by atoms with Crippen LogP contribution in [0, 0.1) is 12.7 Å². The normalized spacial score (nSPS) is 11.4. The molecule has 0 atom stereocenters. The molecule has 2 heterocycles. The Labute approximate surface area is 169 Å². The standard InChI is InChI=1S/C21H14ClFN4O2/c1-11-15(7-9-17(24-11)12-2-5-14(23)6-3-12)20(28)27-26-19-16-10-13(22)4-8-18(16)25-21(19)29/h2-10,25,29H,1H3. The van der Waals surface area contributed by atoms with Crippen molar-refractivity contribution in [3.05, 3.63) is 76.7 Å². The molecule has 4 rings (SSSR count). The van der Waals surface area contributed by atoms with E-state index >= 15 is 0 Å². The van der Waals surface area contributed by atoms with Crippen LogP contribution in [0.25, 0.3) is 22.2 Å². The Morgan fingerprint density at radius 2 is 1.90 bits per heavy atom. The fourth-order valence-corrected chi connectivity index (χ4v) is 3.13. The Bertz CT molecular complexity index is 1270. The number of hydrogen-bond acceptors (Lipinski definition) is 4. The lowest BCUT2D eigenvalue weighted by molar-refractivity contribution is 0.0994. The first-order valence-electron chi connectivity index (χ1n) is 8.62. The van der Waals surface area contributed by atoms with Gasteiger partial charge in [-0.3, -0.25) is 9.78 Å². The molecule has 0 unspecified atom stereocenters. The molecule has 144 valence electrons. The van der Waals surface area contributed by atoms with Crippen LogP contribution >= 0.6 is 11.6 Å². The van der Waals surface area contributed by atoms with Crippen molar-refractivity contribution in [2.24, 2.45) is 10.2 Å². The maximum absolute atomic E-state index is 13.1. The zero-order valence-electron chi connectivity index (χ0n) is 15.1. The minimum absolute atomic E-state index is 0.129. The molecular formula is C21H14ClFN4O2. The number of halogens is 2. The largest absolute Gasteiger partial charge is 0.493 e. The highest BCUT2D eigenvalue weighted by Crippen LogP contribution is 2.36. The molecule has 0 saturated carbocycles. The number of carbonyl (C=O) groups excluding carboxylic acids is 1. The van der Waals surface area contributed by atoms with E-state index in [9.17, 15) is 14.3 Å². The number of benzene rings is 2. The predicted octanol–water partition coefficient (Wildman–Crippen LogP) is 5.96. The molecule has 0 bridgehead atoms. The summed E-state index contributed by atoms with van der Waals surface area (Å²) in [6.45, 7) is 1.68. The number of nitrogens with zero attached hydrogens (tertiary/aromatic N) is 3. The second kappa shape index (κ2) is 7.44. The van der Waals surface area contributed by atoms with E-state index < -0.39 is 5.91 Å². The van der Waals surface area contributed by atoms with Gasteiger partial charge < -0.3 is 10.1 Å². The van der Waals surface area contributed by atoms with Gasteiger partial charge in [-0.1, -0.05) is 11.6 Å². The highest BCUT2D eigenvalue weighted by atomic mass is 35.5. The summed E-state index contributed by atoms with van der Waals surface area (Å²) in [5.41, 5.74) is 2.83. The first kappa shape index (κ1) is 18.8. The van der Waals surface area contributed by atoms with E-state index in [1.165, 1.54) is 12.1 Å². The quantitative estimate of drug-likeness (QED) is 0.410. The fraction of sp³-hybridized carbons (Fsp3) is 0.0476. The maximum Gasteiger partial charge on any atom is 0.297 e. The number of aromatic nitrogens is 2. The van der Waals surface area contributed by atoms with Crippen LogP contribution in [-0.2, 0) is 0 Å². The number of H-pyrrole nitrogens is 1. The number of aryl methyl sites for hydroxylation is 1. The van der Waals surface area contributed by atoms with Gasteiger partial charge >= 0.3 is 0 Å². The van der Waals surface area contributed by atoms with Gasteiger partial charge in [0.1, 0.15) is 5.82 Å². The van der Waals surface area contributed by atoms with Crippen LogP contribution in [0.1, 0.15) is 16.1 Å². The lowest BCUT2D eigenvalue weighted by Gasteiger charge is -2.05. The molecule has 0 spiro atoms. The zero-order chi connectivity index (χ0) is 20.5. The van der Waals surface area contributed by atoms with Crippen molar-refractivity contribution in [3.8, 4) is 17.1 Å². The molecule has 6 nitrogen and oxygen atoms in total. The van der Waals surface area contributed by atoms with Gasteiger partial charge in [0, 0.05) is 16.0 Å². The maximum atomic E-state index is 13.1. The number of rotatable bonds is 3. The number of aromatic hydroxyl groups is 1. The molecule has 0 saturated heterocycles. The third kappa shape index (κ3) is 3.72. The van der Waals surface area contributed by atoms with E-state index in [-0.39, 0.29) is 22.9 Å². The van der Waals surface area contributed by atoms with Crippen LogP contribution in [0.2, 0.25) is 5.02 Å². The van der Waals surface area contributed by atoms with Crippen molar-refractivity contribution < 1.29 is 14.3 Å². The first-order valence-corrected chi connectivity index (χ1v) is 9.00. The minimum atomic E-state index is -0.601. The van der Waals surface area contributed by atoms with Gasteiger partial charge in [-0.25, -0.2) is 4.39 Å². The summed E-state index contributed by atoms with van der Waals surface area (Å²) in [6.07, 6.45) is 0. The van der Waals surface area contributed by atoms with Crippen LogP contribution in [0.5, 0.6) is 5.88 Å². The molecule has 2 aromatic carbocycles. The number of nitrogens with one attached hydrogen (secondary N) is 1. The Balaban J connectivity index is 1.63. The van der Waals surface area contributed by atoms with E-state index in [0.717, 1.165) is 5.56 Å². The molecule has 0 aliphatic carbocycles. The molecule has 1 amide bonds. The molecule has 29 heavy (non-hydrogen) atoms. The number of hydrogen-bond donors (Lipinski definition) is 2. The molecule has 0 fully saturated rings. The smallest absolute Gasteiger partial charge is 0.297 e. The average molecular weight is 409 g/mol. The first-order chi connectivity index (χ1) is 13.9. The van der Waals surface area contributed by atoms with Crippen LogP contribution in [0.3, 0.4) is 0 Å². The summed E-state index contributed by atoms with van der Waals surface area (Å²) < 4.78 is 13.1. The molecule has 8 heteroatoms. The summed E-state index contributed by atoms with van der Waals surface area (Å²) in [5, 5.41) is 18.7. The van der Waals surface area contributed by atoms with E-state index in [2.05, 4.69) is 20.2 Å². The van der Waals surface area contributed by atoms with Gasteiger partial charge in [0.25, 0.3) is 5.91 Å². The van der Waals surface area contributed by atoms with E-state index in [1.54, 1.807) is 49.4 Å². The van der Waals surface area contributed by atoms with Crippen molar-refractivity contribution in [1.82, 2.24) is 9.97 Å². The molecule has 2 aromatic heterocycles. The van der Waals surface area contributed by atoms with Crippen molar-refractivity contribution in [2.45, 2.75) is 6.92 Å². The monoisotopic (exact) mass is 408 g/mol. The van der Waals surface area contributed by atoms with Crippen molar-refractivity contribution >= 4 is 34.1 Å². The number of azo groups is 1. The van der Waals surface area contributed by atoms with Crippen LogP contribution in [0.15, 0.2) is 64.8 Å². The SMILES string of the molecule is Cc1nc(-c2ccc(F)cc2)ccc1C(=O)N=Nc1c(O)[nH]c2ccc(Cl)cc12. The van der Waals surface area contributed by atoms with Crippen LogP contribution in [0.4, 0.5) is 10.1 Å². The topological polar surface area (TPSA) is 90.7 Å². The van der Waals surface area contributed by atoms with Gasteiger partial charge in [-0.05, 0) is 61.5 Å². The second-order valence-corrected chi connectivity index (χ2v) is 6.79. The predicted molar refractivity (Wildman–Crippen MR) is 108 cm³/mol. The number of carbonyl (C=O) groups is 1. The average Bonchev–Trinajstić information content (AvgIpc) is 3.01. The third-order valence-corrected chi connectivity index (χ3v) is 4.65. The van der Waals surface area contributed by atoms with Crippen molar-refractivity contribution in [1.29, 1.82) is 0 Å². The van der Waals surface area contributed by atoms with Crippen LogP contribution < -0.4 is 0 Å². The number of fused-ring (bicyclic) bond motifs is 1. The lowest BCUT2D eigenvalue weighted by Crippen LogP contribution is -2.00. The highest BCUT2D eigenvalue weighted by molar-refractivity contribution is 6.31. The summed E-state index contributed by atoms with van der Waals surface area (Å²) in [7, 11) is 0. The highest BCUT2D eigenvalue weighted by Gasteiger charge is 2.14. The summed E-state index contributed by atoms with van der Waals surface area (Å²) in [5.74, 6) is -1.14. The second-order valence-electron chi connectivity index (χ2n) is 6.35. The van der Waals surface area contributed by atoms with Gasteiger partial charge in [0.2, 0.25) is 5.88 Å². The molecule has 0 radical (unpaired) electrons. The zero-order valence-corrected chi connectivity index (χ0v) is 15.9. The molecule has 4 aromatic rings. The molecular weight excluding hydrogens is 395 g/mol. The Kier molecular flexibility index (Phi) is 4.82. The number of pyridine rings is 1. The van der Waals surface area contributed by atoms with Gasteiger partial charge in [-0.2, -0.15) is 0 Å². The van der Waals surface area contributed by atoms with Gasteiger partial charge in [0.05, 0.1) is 22.5 Å². The van der Waals surface area contributed by atoms with Crippen molar-refractivity contribution in [3.63, 3.8) is 0 Å². The van der Waals surface area contributed by atoms with Crippen molar-refractivity contribution in [2.75, 3.05) is 0 Å². The molecule has 2 N–H and O–H groups in total. The van der Waals surface area contributed by atoms with E-state index in [1.807, 2.05) is 0 Å². The van der Waals surface area contributed by atoms with E-state index in [0.29, 0.717) is 27.3 Å². The number of aromatic amines is 1. The van der Waals surface area contributed by atoms with Gasteiger partial charge in [-0.15, -0.1) is 10.2 Å². The lowest BCUT2D eigenvalue weighted by atomic mass is 10.1. The Morgan fingerprint density at radius 1 is 1.14 bits per heavy atom. The molecule has 0 aliphatic rings. The Morgan fingerprint density at radius 3 is 2.62 bits per heavy atom. The van der Waals surface area contributed by atoms with E-state index in [4.69, 9.17) is 11.6 Å².